The van der Waals surface area contributed by atoms with Crippen molar-refractivity contribution in [2.24, 2.45) is 0 Å². The van der Waals surface area contributed by atoms with E-state index in [1.807, 2.05) is 0 Å². The summed E-state index contributed by atoms with van der Waals surface area (Å²) in [7, 11) is 0.552. The number of aliphatic hydroxyl groups excluding tert-OH is 1. The van der Waals surface area contributed by atoms with Crippen LogP contribution in [-0.4, -0.2) is 42.7 Å². The molecule has 1 fully saturated rings. The predicted molar refractivity (Wildman–Crippen MR) is 54.2 cm³/mol. The lowest BCUT2D eigenvalue weighted by Gasteiger charge is -2.10. The third-order valence-corrected chi connectivity index (χ3v) is 2.57. The third-order valence-electron chi connectivity index (χ3n) is 2.06. The molecule has 6 heteroatoms. The molecule has 1 aliphatic heterocycles. The molecule has 1 rings (SSSR count). The van der Waals surface area contributed by atoms with Gasteiger partial charge in [0.25, 0.3) is 12.7 Å². The molecule has 0 spiro atoms. The molecule has 0 aromatic heterocycles. The Hall–Kier alpha value is -0.195. The third kappa shape index (κ3) is 3.58. The highest BCUT2D eigenvalue weighted by molar-refractivity contribution is 8.13. The Morgan fingerprint density at radius 3 is 3.08 bits per heavy atom. The van der Waals surface area contributed by atoms with E-state index in [-0.39, 0.29) is 24.0 Å². The first-order valence-corrected chi connectivity index (χ1v) is 5.57. The van der Waals surface area contributed by atoms with E-state index in [0.717, 1.165) is 24.6 Å². The summed E-state index contributed by atoms with van der Waals surface area (Å²) in [6.45, 7) is 0.0764. The van der Waals surface area contributed by atoms with Crippen LogP contribution in [0.3, 0.4) is 0 Å². The Morgan fingerprint density at radius 1 is 1.77 bits per heavy atom. The van der Waals surface area contributed by atoms with Gasteiger partial charge >= 0.3 is 0 Å². The largest absolute Gasteiger partial charge is 0.394 e. The van der Waals surface area contributed by atoms with Crippen molar-refractivity contribution in [1.29, 1.82) is 0 Å². The number of amides is 1. The van der Waals surface area contributed by atoms with Crippen LogP contribution >= 0.6 is 11.8 Å². The van der Waals surface area contributed by atoms with Crippen molar-refractivity contribution in [1.82, 2.24) is 5.23 Å². The summed E-state index contributed by atoms with van der Waals surface area (Å²) in [5, 5.41) is 11.5. The van der Waals surface area contributed by atoms with E-state index in [0.29, 0.717) is 7.41 Å². The van der Waals surface area contributed by atoms with Crippen molar-refractivity contribution in [2.45, 2.75) is 24.9 Å². The SMILES string of the molecule is CSC(=O)NB[C@H]1CC[C@@H](CO)O1. The molecule has 0 bridgehead atoms. The number of rotatable bonds is 3. The lowest BCUT2D eigenvalue weighted by molar-refractivity contribution is 0.0415. The fourth-order valence-electron chi connectivity index (χ4n) is 1.33. The van der Waals surface area contributed by atoms with Gasteiger partial charge in [0, 0.05) is 0 Å². The minimum absolute atomic E-state index is 0.0313. The van der Waals surface area contributed by atoms with Gasteiger partial charge in [0.2, 0.25) is 0 Å². The molecule has 0 aromatic rings. The maximum Gasteiger partial charge on any atom is 0.267 e. The fraction of sp³-hybridized carbons (Fsp3) is 0.857. The number of carbonyl (C=O) groups excluding carboxylic acids is 1. The first-order chi connectivity index (χ1) is 6.26. The number of ether oxygens (including phenoxy) is 1. The van der Waals surface area contributed by atoms with E-state index < -0.39 is 0 Å². The zero-order chi connectivity index (χ0) is 9.68. The highest BCUT2D eigenvalue weighted by atomic mass is 32.2. The van der Waals surface area contributed by atoms with Crippen LogP contribution in [0.4, 0.5) is 4.79 Å². The number of thioether (sulfide) groups is 1. The van der Waals surface area contributed by atoms with Crippen molar-refractivity contribution in [3.05, 3.63) is 0 Å². The van der Waals surface area contributed by atoms with E-state index in [1.54, 1.807) is 6.26 Å². The topological polar surface area (TPSA) is 58.6 Å². The van der Waals surface area contributed by atoms with Gasteiger partial charge in [-0.15, -0.1) is 0 Å². The summed E-state index contributed by atoms with van der Waals surface area (Å²) >= 11 is 1.16. The van der Waals surface area contributed by atoms with Crippen LogP contribution in [0.15, 0.2) is 0 Å². The molecule has 1 heterocycles. The number of hydrogen-bond acceptors (Lipinski definition) is 4. The van der Waals surface area contributed by atoms with Gasteiger partial charge in [-0.2, -0.15) is 0 Å². The van der Waals surface area contributed by atoms with Crippen LogP contribution < -0.4 is 5.23 Å². The summed E-state index contributed by atoms with van der Waals surface area (Å²) in [6, 6.07) is 0.0771. The molecular weight excluding hydrogens is 189 g/mol. The zero-order valence-corrected chi connectivity index (χ0v) is 8.47. The quantitative estimate of drug-likeness (QED) is 0.629. The summed E-state index contributed by atoms with van der Waals surface area (Å²) in [5.41, 5.74) is 0. The second kappa shape index (κ2) is 5.52. The maximum atomic E-state index is 10.9. The van der Waals surface area contributed by atoms with Crippen LogP contribution in [0, 0.1) is 0 Å². The zero-order valence-electron chi connectivity index (χ0n) is 7.66. The highest BCUT2D eigenvalue weighted by Gasteiger charge is 2.25. The van der Waals surface area contributed by atoms with Crippen LogP contribution in [0.5, 0.6) is 0 Å². The van der Waals surface area contributed by atoms with Crippen molar-refractivity contribution in [3.8, 4) is 0 Å². The Balaban J connectivity index is 2.13. The molecule has 13 heavy (non-hydrogen) atoms. The molecule has 1 saturated heterocycles. The number of nitrogens with one attached hydrogen (secondary N) is 1. The molecule has 74 valence electrons. The normalized spacial score (nSPS) is 27.2. The van der Waals surface area contributed by atoms with Crippen molar-refractivity contribution in [3.63, 3.8) is 0 Å². The van der Waals surface area contributed by atoms with Crippen molar-refractivity contribution < 1.29 is 14.6 Å². The van der Waals surface area contributed by atoms with E-state index in [4.69, 9.17) is 9.84 Å². The van der Waals surface area contributed by atoms with Crippen LogP contribution in [-0.2, 0) is 4.74 Å². The number of aliphatic hydroxyl groups is 1. The van der Waals surface area contributed by atoms with E-state index in [9.17, 15) is 4.79 Å². The second-order valence-electron chi connectivity index (χ2n) is 3.01. The van der Waals surface area contributed by atoms with Gasteiger partial charge in [-0.05, 0) is 19.1 Å². The summed E-state index contributed by atoms with van der Waals surface area (Å²) in [5.74, 6) is 0. The molecule has 0 radical (unpaired) electrons. The van der Waals surface area contributed by atoms with Gasteiger partial charge in [-0.3, -0.25) is 4.79 Å². The molecule has 0 aromatic carbocycles. The van der Waals surface area contributed by atoms with Gasteiger partial charge in [0.1, 0.15) is 0 Å². The Labute approximate surface area is 82.7 Å². The van der Waals surface area contributed by atoms with Gasteiger partial charge in [-0.1, -0.05) is 11.8 Å². The summed E-state index contributed by atoms with van der Waals surface area (Å²) in [4.78, 5) is 10.9. The van der Waals surface area contributed by atoms with Gasteiger partial charge in [0.05, 0.1) is 18.7 Å². The molecule has 2 N–H and O–H groups in total. The first-order valence-electron chi connectivity index (χ1n) is 4.34. The molecule has 0 saturated carbocycles. The summed E-state index contributed by atoms with van der Waals surface area (Å²) < 4.78 is 5.43. The maximum absolute atomic E-state index is 10.9. The van der Waals surface area contributed by atoms with E-state index >= 15 is 0 Å². The van der Waals surface area contributed by atoms with Crippen LogP contribution in [0.1, 0.15) is 12.8 Å². The fourth-order valence-corrected chi connectivity index (χ4v) is 1.56. The van der Waals surface area contributed by atoms with Gasteiger partial charge in [-0.25, -0.2) is 0 Å². The molecule has 1 aliphatic rings. The molecule has 4 nitrogen and oxygen atoms in total. The summed E-state index contributed by atoms with van der Waals surface area (Å²) in [6.07, 6.45) is 3.51. The first kappa shape index (κ1) is 10.9. The smallest absolute Gasteiger partial charge is 0.267 e. The van der Waals surface area contributed by atoms with Crippen molar-refractivity contribution in [2.75, 3.05) is 12.9 Å². The minimum Gasteiger partial charge on any atom is -0.394 e. The van der Waals surface area contributed by atoms with Crippen LogP contribution in [0.25, 0.3) is 0 Å². The number of hydrogen-bond donors (Lipinski definition) is 2. The standard InChI is InChI=1S/C7H14BNO3S/c1-13-7(11)9-8-6-3-2-5(4-10)12-6/h5-6,8,10H,2-4H2,1H3,(H,9,11)/t5-,6+/m0/s1. The minimum atomic E-state index is -0.0314. The molecule has 0 unspecified atom stereocenters. The van der Waals surface area contributed by atoms with Gasteiger partial charge < -0.3 is 15.1 Å². The van der Waals surface area contributed by atoms with E-state index in [1.165, 1.54) is 0 Å². The molecule has 2 atom stereocenters. The van der Waals surface area contributed by atoms with E-state index in [2.05, 4.69) is 5.23 Å². The Morgan fingerprint density at radius 2 is 2.54 bits per heavy atom. The van der Waals surface area contributed by atoms with Gasteiger partial charge in [0.15, 0.2) is 0 Å². The molecule has 0 aliphatic carbocycles. The lowest BCUT2D eigenvalue weighted by Crippen LogP contribution is -2.33. The van der Waals surface area contributed by atoms with Crippen LogP contribution in [0.2, 0.25) is 0 Å². The monoisotopic (exact) mass is 203 g/mol. The number of carbonyl (C=O) groups is 1. The lowest BCUT2D eigenvalue weighted by atomic mass is 9.84. The Kier molecular flexibility index (Phi) is 4.62. The average Bonchev–Trinajstić information content (AvgIpc) is 2.61. The molecule has 1 amide bonds. The average molecular weight is 203 g/mol. The Bertz CT molecular complexity index is 181. The van der Waals surface area contributed by atoms with Crippen molar-refractivity contribution >= 4 is 24.4 Å². The predicted octanol–water partition coefficient (Wildman–Crippen LogP) is -0.0921. The molecular formula is C7H14BNO3S. The second-order valence-corrected chi connectivity index (χ2v) is 3.79. The highest BCUT2D eigenvalue weighted by Crippen LogP contribution is 2.17.